The number of rotatable bonds is 7. The third-order valence-electron chi connectivity index (χ3n) is 4.98. The van der Waals surface area contributed by atoms with Gasteiger partial charge in [0.25, 0.3) is 15.7 Å². The van der Waals surface area contributed by atoms with Crippen LogP contribution in [0.5, 0.6) is 11.5 Å². The van der Waals surface area contributed by atoms with Gasteiger partial charge in [-0.05, 0) is 36.4 Å². The first kappa shape index (κ1) is 21.6. The Labute approximate surface area is 185 Å². The van der Waals surface area contributed by atoms with E-state index < -0.39 is 14.9 Å². The number of fused-ring (bicyclic) bond motifs is 1. The molecule has 32 heavy (non-hydrogen) atoms. The second-order valence-electron chi connectivity index (χ2n) is 7.03. The first-order chi connectivity index (χ1) is 15.4. The van der Waals surface area contributed by atoms with Crippen LogP contribution >= 0.6 is 0 Å². The molecule has 1 heterocycles. The zero-order chi connectivity index (χ0) is 22.7. The van der Waals surface area contributed by atoms with Crippen molar-refractivity contribution in [3.05, 3.63) is 88.0 Å². The van der Waals surface area contributed by atoms with E-state index in [1.807, 2.05) is 0 Å². The topological polar surface area (TPSA) is 108 Å². The van der Waals surface area contributed by atoms with Gasteiger partial charge in [0.2, 0.25) is 0 Å². The molecule has 4 rings (SSSR count). The first-order valence-electron chi connectivity index (χ1n) is 9.64. The molecular formula is C22H20N2O7S. The summed E-state index contributed by atoms with van der Waals surface area (Å²) in [6, 6.07) is 17.5. The Hall–Kier alpha value is -3.63. The minimum atomic E-state index is -3.68. The lowest BCUT2D eigenvalue weighted by Gasteiger charge is -2.21. The largest absolute Gasteiger partial charge is 0.489 e. The monoisotopic (exact) mass is 456 g/mol. The Kier molecular flexibility index (Phi) is 5.97. The maximum atomic E-state index is 12.8. The highest BCUT2D eigenvalue weighted by Crippen LogP contribution is 2.33. The standard InChI is InChI=1S/C22H20N2O7S/c1-23(32(27,28)21-5-3-2-4-6-21)18-7-9-20(10-8-18)30-14-17-12-19(24(25)26)11-16-13-29-15-31-22(16)17/h2-12H,13-15H2,1H3. The van der Waals surface area contributed by atoms with E-state index in [0.29, 0.717) is 28.3 Å². The lowest BCUT2D eigenvalue weighted by molar-refractivity contribution is -0.385. The molecule has 3 aromatic rings. The molecule has 0 unspecified atom stereocenters. The van der Waals surface area contributed by atoms with E-state index in [-0.39, 0.29) is 30.6 Å². The molecule has 9 nitrogen and oxygen atoms in total. The minimum absolute atomic E-state index is 0.0432. The number of benzene rings is 3. The minimum Gasteiger partial charge on any atom is -0.489 e. The zero-order valence-corrected chi connectivity index (χ0v) is 17.9. The molecule has 0 N–H and O–H groups in total. The predicted molar refractivity (Wildman–Crippen MR) is 116 cm³/mol. The molecule has 0 amide bonds. The highest BCUT2D eigenvalue weighted by Gasteiger charge is 2.22. The third-order valence-corrected chi connectivity index (χ3v) is 6.78. The van der Waals surface area contributed by atoms with Gasteiger partial charge in [0.1, 0.15) is 18.1 Å². The summed E-state index contributed by atoms with van der Waals surface area (Å²) in [4.78, 5) is 10.9. The average molecular weight is 456 g/mol. The number of nitro groups is 1. The van der Waals surface area contributed by atoms with E-state index in [9.17, 15) is 18.5 Å². The molecule has 10 heteroatoms. The van der Waals surface area contributed by atoms with Gasteiger partial charge in [-0.2, -0.15) is 0 Å². The summed E-state index contributed by atoms with van der Waals surface area (Å²) in [6.07, 6.45) is 0. The number of nitro benzene ring substituents is 1. The molecule has 0 saturated carbocycles. The third kappa shape index (κ3) is 4.36. The molecule has 1 aliphatic heterocycles. The maximum Gasteiger partial charge on any atom is 0.270 e. The summed E-state index contributed by atoms with van der Waals surface area (Å²) in [6.45, 7) is 0.331. The Morgan fingerprint density at radius 3 is 2.50 bits per heavy atom. The Morgan fingerprint density at radius 1 is 1.09 bits per heavy atom. The maximum absolute atomic E-state index is 12.8. The molecule has 3 aromatic carbocycles. The number of hydrogen-bond acceptors (Lipinski definition) is 7. The van der Waals surface area contributed by atoms with Gasteiger partial charge in [0.15, 0.2) is 6.79 Å². The fourth-order valence-corrected chi connectivity index (χ4v) is 4.51. The van der Waals surface area contributed by atoms with Crippen molar-refractivity contribution in [2.75, 3.05) is 18.1 Å². The van der Waals surface area contributed by atoms with Crippen molar-refractivity contribution in [3.8, 4) is 11.5 Å². The predicted octanol–water partition coefficient (Wildman–Crippen LogP) is 3.87. The van der Waals surface area contributed by atoms with Crippen LogP contribution in [0.15, 0.2) is 71.6 Å². The van der Waals surface area contributed by atoms with Crippen molar-refractivity contribution in [1.82, 2.24) is 0 Å². The quantitative estimate of drug-likeness (QED) is 0.392. The van der Waals surface area contributed by atoms with Crippen LogP contribution in [0.2, 0.25) is 0 Å². The zero-order valence-electron chi connectivity index (χ0n) is 17.1. The van der Waals surface area contributed by atoms with Gasteiger partial charge in [-0.3, -0.25) is 14.4 Å². The van der Waals surface area contributed by atoms with E-state index in [1.54, 1.807) is 42.5 Å². The van der Waals surface area contributed by atoms with Gasteiger partial charge < -0.3 is 14.2 Å². The van der Waals surface area contributed by atoms with Crippen LogP contribution in [0.4, 0.5) is 11.4 Å². The van der Waals surface area contributed by atoms with Gasteiger partial charge in [0, 0.05) is 30.3 Å². The number of hydrogen-bond donors (Lipinski definition) is 0. The van der Waals surface area contributed by atoms with Gasteiger partial charge in [-0.15, -0.1) is 0 Å². The normalized spacial score (nSPS) is 13.0. The summed E-state index contributed by atoms with van der Waals surface area (Å²) >= 11 is 0. The average Bonchev–Trinajstić information content (AvgIpc) is 2.82. The van der Waals surface area contributed by atoms with Crippen LogP contribution in [0, 0.1) is 10.1 Å². The summed E-state index contributed by atoms with van der Waals surface area (Å²) in [5, 5.41) is 11.2. The first-order valence-corrected chi connectivity index (χ1v) is 11.1. The number of anilines is 1. The molecular weight excluding hydrogens is 436 g/mol. The molecule has 0 aromatic heterocycles. The van der Waals surface area contributed by atoms with Crippen LogP contribution in [0.3, 0.4) is 0 Å². The van der Waals surface area contributed by atoms with Crippen molar-refractivity contribution < 1.29 is 27.6 Å². The van der Waals surface area contributed by atoms with Crippen molar-refractivity contribution in [1.29, 1.82) is 0 Å². The van der Waals surface area contributed by atoms with Crippen LogP contribution in [-0.2, 0) is 28.0 Å². The highest BCUT2D eigenvalue weighted by molar-refractivity contribution is 7.92. The SMILES string of the molecule is CN(c1ccc(OCc2cc([N+](=O)[O-])cc3c2OCOC3)cc1)S(=O)(=O)c1ccccc1. The fraction of sp³-hybridized carbons (Fsp3) is 0.182. The van der Waals surface area contributed by atoms with E-state index >= 15 is 0 Å². The molecule has 0 spiro atoms. The van der Waals surface area contributed by atoms with Crippen molar-refractivity contribution >= 4 is 21.4 Å². The van der Waals surface area contributed by atoms with Crippen LogP contribution < -0.4 is 13.8 Å². The van der Waals surface area contributed by atoms with E-state index in [1.165, 1.54) is 35.6 Å². The summed E-state index contributed by atoms with van der Waals surface area (Å²) < 4.78 is 43.2. The van der Waals surface area contributed by atoms with E-state index in [0.717, 1.165) is 0 Å². The van der Waals surface area contributed by atoms with Crippen LogP contribution in [0.25, 0.3) is 0 Å². The van der Waals surface area contributed by atoms with Crippen LogP contribution in [0.1, 0.15) is 11.1 Å². The second-order valence-corrected chi connectivity index (χ2v) is 9.00. The van der Waals surface area contributed by atoms with Gasteiger partial charge in [-0.25, -0.2) is 8.42 Å². The van der Waals surface area contributed by atoms with Crippen molar-refractivity contribution in [2.24, 2.45) is 0 Å². The summed E-state index contributed by atoms with van der Waals surface area (Å²) in [5.74, 6) is 0.999. The fourth-order valence-electron chi connectivity index (χ4n) is 3.30. The molecule has 0 fully saturated rings. The van der Waals surface area contributed by atoms with E-state index in [4.69, 9.17) is 14.2 Å². The van der Waals surface area contributed by atoms with Gasteiger partial charge >= 0.3 is 0 Å². The number of sulfonamides is 1. The Morgan fingerprint density at radius 2 is 1.81 bits per heavy atom. The molecule has 0 atom stereocenters. The molecule has 0 aliphatic carbocycles. The lowest BCUT2D eigenvalue weighted by atomic mass is 10.1. The van der Waals surface area contributed by atoms with Gasteiger partial charge in [0.05, 0.1) is 22.1 Å². The Balaban J connectivity index is 1.50. The summed E-state index contributed by atoms with van der Waals surface area (Å²) in [5.41, 5.74) is 1.52. The van der Waals surface area contributed by atoms with Crippen molar-refractivity contribution in [3.63, 3.8) is 0 Å². The highest BCUT2D eigenvalue weighted by atomic mass is 32.2. The molecule has 1 aliphatic rings. The second kappa shape index (κ2) is 8.85. The molecule has 0 saturated heterocycles. The summed E-state index contributed by atoms with van der Waals surface area (Å²) in [7, 11) is -2.20. The van der Waals surface area contributed by atoms with Crippen LogP contribution in [-0.4, -0.2) is 27.2 Å². The number of non-ortho nitro benzene ring substituents is 1. The molecule has 166 valence electrons. The number of ether oxygens (including phenoxy) is 3. The smallest absolute Gasteiger partial charge is 0.270 e. The lowest BCUT2D eigenvalue weighted by Crippen LogP contribution is -2.26. The number of nitrogens with zero attached hydrogens (tertiary/aromatic N) is 2. The van der Waals surface area contributed by atoms with Gasteiger partial charge in [-0.1, -0.05) is 18.2 Å². The molecule has 0 bridgehead atoms. The van der Waals surface area contributed by atoms with Crippen molar-refractivity contribution in [2.45, 2.75) is 18.1 Å². The Bertz CT molecular complexity index is 1230. The van der Waals surface area contributed by atoms with E-state index in [2.05, 4.69) is 0 Å². The molecule has 0 radical (unpaired) electrons.